The Morgan fingerprint density at radius 2 is 1.74 bits per heavy atom. The Morgan fingerprint density at radius 1 is 1.08 bits per heavy atom. The number of hydrogen-bond acceptors (Lipinski definition) is 8. The van der Waals surface area contributed by atoms with E-state index in [4.69, 9.17) is 11.6 Å². The van der Waals surface area contributed by atoms with Crippen LogP contribution in [-0.2, 0) is 0 Å². The molecule has 2 aliphatic rings. The predicted molar refractivity (Wildman–Crippen MR) is 157 cm³/mol. The van der Waals surface area contributed by atoms with Gasteiger partial charge in [0.2, 0.25) is 5.00 Å². The fourth-order valence-electron chi connectivity index (χ4n) is 4.39. The molecule has 4 rings (SSSR count). The van der Waals surface area contributed by atoms with Crippen molar-refractivity contribution in [3.05, 3.63) is 92.5 Å². The molecule has 10 nitrogen and oxygen atoms in total. The topological polar surface area (TPSA) is 159 Å². The predicted octanol–water partition coefficient (Wildman–Crippen LogP) is 6.84. The van der Waals surface area contributed by atoms with Gasteiger partial charge in [-0.25, -0.2) is 9.98 Å². The maximum Gasteiger partial charge on any atom is 0.304 e. The van der Waals surface area contributed by atoms with Crippen LogP contribution in [0.5, 0.6) is 0 Å². The van der Waals surface area contributed by atoms with Crippen molar-refractivity contribution >= 4 is 33.9 Å². The summed E-state index contributed by atoms with van der Waals surface area (Å²) in [6, 6.07) is 8.81. The Morgan fingerprint density at radius 3 is 2.33 bits per heavy atom. The number of alkyl halides is 1. The lowest BCUT2D eigenvalue weighted by molar-refractivity contribution is -0.431. The second-order valence-electron chi connectivity index (χ2n) is 10.7. The number of aliphatic imine (C=N–C) groups is 1. The van der Waals surface area contributed by atoms with Crippen LogP contribution in [0.1, 0.15) is 41.5 Å². The summed E-state index contributed by atoms with van der Waals surface area (Å²) < 4.78 is 0. The van der Waals surface area contributed by atoms with Crippen molar-refractivity contribution in [2.45, 2.75) is 46.5 Å². The van der Waals surface area contributed by atoms with Crippen LogP contribution < -0.4 is 11.5 Å². The number of halogens is 1. The lowest BCUT2D eigenvalue weighted by Gasteiger charge is -2.40. The third kappa shape index (κ3) is 6.95. The van der Waals surface area contributed by atoms with Gasteiger partial charge in [0.15, 0.2) is 0 Å². The van der Waals surface area contributed by atoms with Gasteiger partial charge >= 0.3 is 5.70 Å². The van der Waals surface area contributed by atoms with Gasteiger partial charge in [0.1, 0.15) is 12.4 Å². The van der Waals surface area contributed by atoms with Gasteiger partial charge < -0.3 is 6.15 Å². The van der Waals surface area contributed by atoms with Gasteiger partial charge in [-0.05, 0) is 36.4 Å². The first kappa shape index (κ1) is 31.7. The van der Waals surface area contributed by atoms with E-state index in [1.54, 1.807) is 6.07 Å². The van der Waals surface area contributed by atoms with Gasteiger partial charge in [-0.2, -0.15) is 0 Å². The first-order valence-electron chi connectivity index (χ1n) is 12.6. The summed E-state index contributed by atoms with van der Waals surface area (Å²) in [4.78, 5) is 28.0. The summed E-state index contributed by atoms with van der Waals surface area (Å²) in [7, 11) is 0. The number of fused-ring (bicyclic) bond motifs is 2. The van der Waals surface area contributed by atoms with Crippen molar-refractivity contribution in [2.75, 3.05) is 6.54 Å². The van der Waals surface area contributed by atoms with E-state index in [-0.39, 0.29) is 22.9 Å². The molecule has 0 saturated heterocycles. The maximum absolute atomic E-state index is 11.6. The lowest BCUT2D eigenvalue weighted by atomic mass is 9.68. The highest BCUT2D eigenvalue weighted by Gasteiger charge is 2.50. The molecule has 0 saturated carbocycles. The molecule has 2 heterocycles. The monoisotopic (exact) mass is 556 g/mol. The molecule has 3 unspecified atom stereocenters. The minimum atomic E-state index is -1.37. The first-order chi connectivity index (χ1) is 17.8. The molecule has 0 radical (unpaired) electrons. The van der Waals surface area contributed by atoms with Gasteiger partial charge in [0.05, 0.1) is 21.1 Å². The summed E-state index contributed by atoms with van der Waals surface area (Å²) in [6.07, 6.45) is 8.67. The van der Waals surface area contributed by atoms with Gasteiger partial charge in [-0.1, -0.05) is 83.5 Å². The van der Waals surface area contributed by atoms with Crippen molar-refractivity contribution in [1.82, 2.24) is 16.5 Å². The van der Waals surface area contributed by atoms with E-state index in [0.717, 1.165) is 10.9 Å². The summed E-state index contributed by atoms with van der Waals surface area (Å²) in [5, 5.41) is 26.0. The fraction of sp³-hybridized carbons (Fsp3) is 0.429. The molecule has 1 aliphatic heterocycles. The third-order valence-electron chi connectivity index (χ3n) is 7.10. The highest BCUT2D eigenvalue weighted by Crippen LogP contribution is 2.45. The average molecular weight is 557 g/mol. The maximum atomic E-state index is 11.6. The Bertz CT molecular complexity index is 1350. The molecule has 1 aliphatic carbocycles. The first-order valence-corrected chi connectivity index (χ1v) is 12.9. The molecular formula is C28H37ClN6O4. The van der Waals surface area contributed by atoms with Crippen LogP contribution in [0.25, 0.3) is 10.9 Å². The number of nitrogens with one attached hydrogen (secondary N) is 1. The van der Waals surface area contributed by atoms with Gasteiger partial charge in [-0.3, -0.25) is 25.5 Å². The number of para-hydroxylation sites is 1. The Labute approximate surface area is 233 Å². The minimum absolute atomic E-state index is 0. The fourth-order valence-corrected chi connectivity index (χ4v) is 4.74. The number of nitrogens with zero attached hydrogens (tertiary/aromatic N) is 4. The van der Waals surface area contributed by atoms with Crippen LogP contribution in [0.3, 0.4) is 0 Å². The van der Waals surface area contributed by atoms with Gasteiger partial charge in [0.25, 0.3) is 5.69 Å². The highest BCUT2D eigenvalue weighted by atomic mass is 35.5. The molecule has 210 valence electrons. The van der Waals surface area contributed by atoms with Gasteiger partial charge in [-0.15, -0.1) is 0 Å². The number of hydrogen-bond donors (Lipinski definition) is 2. The van der Waals surface area contributed by atoms with Gasteiger partial charge in [0, 0.05) is 22.4 Å². The van der Waals surface area contributed by atoms with E-state index in [1.807, 2.05) is 38.1 Å². The van der Waals surface area contributed by atoms with Crippen LogP contribution >= 0.6 is 11.6 Å². The quantitative estimate of drug-likeness (QED) is 0.163. The van der Waals surface area contributed by atoms with Crippen molar-refractivity contribution in [2.24, 2.45) is 28.2 Å². The van der Waals surface area contributed by atoms with Crippen LogP contribution in [0.15, 0.2) is 77.2 Å². The molecule has 1 aromatic heterocycles. The second kappa shape index (κ2) is 12.6. The Balaban J connectivity index is 0.000000319. The summed E-state index contributed by atoms with van der Waals surface area (Å²) in [6.45, 7) is 13.3. The zero-order valence-electron chi connectivity index (χ0n) is 23.2. The zero-order chi connectivity index (χ0) is 28.3. The molecule has 1 aromatic carbocycles. The molecule has 11 heteroatoms. The number of nitro groups is 2. The summed E-state index contributed by atoms with van der Waals surface area (Å²) >= 11 is 6.86. The molecule has 3 atom stereocenters. The molecule has 0 spiro atoms. The SMILES string of the molecule is CC(C)CNC1(Cl)C2=CC(C)(C(C)C(C)C)C=CC2=NC=C1[N+](=O)[O-].N.O=[N+]([O-])c1cnc2ccccc2c1. The standard InChI is InChI=1S/C19H28ClN3O2.C9H6N2O2.H3N/c1-12(2)10-22-19(20)15-9-18(6,14(5)13(3)4)8-7-16(15)21-11-17(19)23(24)25;12-11(13)8-5-7-3-1-2-4-9(7)10-6-8;/h7-9,11-14,22H,10H2,1-6H3;1-6H;1H3. The zero-order valence-corrected chi connectivity index (χ0v) is 24.0. The smallest absolute Gasteiger partial charge is 0.304 e. The Hall–Kier alpha value is -3.47. The van der Waals surface area contributed by atoms with Crippen LogP contribution in [0.4, 0.5) is 5.69 Å². The van der Waals surface area contributed by atoms with E-state index in [2.05, 4.69) is 55.1 Å². The van der Waals surface area contributed by atoms with Crippen LogP contribution in [0.2, 0.25) is 0 Å². The van der Waals surface area contributed by atoms with E-state index < -0.39 is 14.8 Å². The highest BCUT2D eigenvalue weighted by molar-refractivity contribution is 6.33. The summed E-state index contributed by atoms with van der Waals surface area (Å²) in [5.41, 5.74) is 1.81. The van der Waals surface area contributed by atoms with E-state index in [0.29, 0.717) is 35.6 Å². The summed E-state index contributed by atoms with van der Waals surface area (Å²) in [5.74, 6) is 1.13. The van der Waals surface area contributed by atoms with E-state index in [9.17, 15) is 20.2 Å². The third-order valence-corrected chi connectivity index (χ3v) is 7.63. The minimum Gasteiger partial charge on any atom is -0.344 e. The molecular weight excluding hydrogens is 520 g/mol. The lowest BCUT2D eigenvalue weighted by Crippen LogP contribution is -2.51. The van der Waals surface area contributed by atoms with E-state index >= 15 is 0 Å². The largest absolute Gasteiger partial charge is 0.344 e. The average Bonchev–Trinajstić information content (AvgIpc) is 2.87. The van der Waals surface area contributed by atoms with Crippen molar-refractivity contribution < 1.29 is 9.85 Å². The molecule has 0 fully saturated rings. The van der Waals surface area contributed by atoms with E-state index in [1.165, 1.54) is 18.5 Å². The molecule has 0 amide bonds. The number of aromatic nitrogens is 1. The van der Waals surface area contributed by atoms with Crippen LogP contribution in [-0.4, -0.2) is 32.1 Å². The molecule has 0 bridgehead atoms. The Kier molecular flexibility index (Phi) is 10.2. The number of allylic oxidation sites excluding steroid dienone is 3. The molecule has 4 N–H and O–H groups in total. The van der Waals surface area contributed by atoms with Crippen molar-refractivity contribution in [3.8, 4) is 0 Å². The van der Waals surface area contributed by atoms with Crippen molar-refractivity contribution in [3.63, 3.8) is 0 Å². The number of rotatable bonds is 7. The van der Waals surface area contributed by atoms with Crippen molar-refractivity contribution in [1.29, 1.82) is 0 Å². The number of pyridine rings is 1. The number of benzene rings is 1. The second-order valence-corrected chi connectivity index (χ2v) is 11.2. The molecule has 2 aromatic rings. The van der Waals surface area contributed by atoms with Crippen LogP contribution in [0, 0.1) is 43.4 Å². The normalized spacial score (nSPS) is 22.5. The molecule has 39 heavy (non-hydrogen) atoms.